The second-order valence-electron chi connectivity index (χ2n) is 4.19. The summed E-state index contributed by atoms with van der Waals surface area (Å²) in [6.45, 7) is 8.98. The first-order chi connectivity index (χ1) is 8.13. The van der Waals surface area contributed by atoms with E-state index < -0.39 is 0 Å². The van der Waals surface area contributed by atoms with Gasteiger partial charge in [-0.1, -0.05) is 6.92 Å². The Morgan fingerprint density at radius 3 is 2.65 bits per heavy atom. The topological polar surface area (TPSA) is 41.9 Å². The van der Waals surface area contributed by atoms with Crippen LogP contribution in [0.2, 0.25) is 0 Å². The molecule has 5 heteroatoms. The Bertz CT molecular complexity index is 359. The lowest BCUT2D eigenvalue weighted by molar-refractivity contribution is 0.556. The lowest BCUT2D eigenvalue weighted by Crippen LogP contribution is -2.36. The number of thiocarbonyl (C=S) groups is 1. The van der Waals surface area contributed by atoms with E-state index in [2.05, 4.69) is 35.6 Å². The highest BCUT2D eigenvalue weighted by atomic mass is 32.1. The summed E-state index contributed by atoms with van der Waals surface area (Å²) in [6, 6.07) is 2.10. The molecular weight excluding hydrogens is 232 g/mol. The monoisotopic (exact) mass is 254 g/mol. The summed E-state index contributed by atoms with van der Waals surface area (Å²) in [4.78, 5) is 0. The number of aryl methyl sites for hydroxylation is 3. The van der Waals surface area contributed by atoms with Crippen molar-refractivity contribution in [3.05, 3.63) is 17.5 Å². The third-order valence-corrected chi connectivity index (χ3v) is 2.76. The molecule has 0 aliphatic heterocycles. The molecule has 0 fully saturated rings. The van der Waals surface area contributed by atoms with Gasteiger partial charge in [0.05, 0.1) is 5.69 Å². The standard InChI is InChI=1S/C12H22N4S/c1-4-6-13-12(17)14-7-5-8-16-11(3)9-10(2)15-16/h9H,4-8H2,1-3H3,(H2,13,14,17). The second-order valence-corrected chi connectivity index (χ2v) is 4.59. The predicted octanol–water partition coefficient (Wildman–Crippen LogP) is 1.76. The van der Waals surface area contributed by atoms with E-state index in [0.29, 0.717) is 0 Å². The minimum Gasteiger partial charge on any atom is -0.363 e. The van der Waals surface area contributed by atoms with Gasteiger partial charge < -0.3 is 10.6 Å². The lowest BCUT2D eigenvalue weighted by Gasteiger charge is -2.09. The molecular formula is C12H22N4S. The highest BCUT2D eigenvalue weighted by Crippen LogP contribution is 2.01. The van der Waals surface area contributed by atoms with Gasteiger partial charge in [-0.15, -0.1) is 0 Å². The van der Waals surface area contributed by atoms with Gasteiger partial charge in [0, 0.05) is 25.3 Å². The summed E-state index contributed by atoms with van der Waals surface area (Å²) in [5, 5.41) is 11.5. The van der Waals surface area contributed by atoms with Crippen molar-refractivity contribution in [1.82, 2.24) is 20.4 Å². The summed E-state index contributed by atoms with van der Waals surface area (Å²) >= 11 is 5.13. The van der Waals surface area contributed by atoms with Crippen LogP contribution in [0.4, 0.5) is 0 Å². The van der Waals surface area contributed by atoms with E-state index >= 15 is 0 Å². The van der Waals surface area contributed by atoms with Crippen LogP contribution in [0.1, 0.15) is 31.2 Å². The molecule has 0 aromatic carbocycles. The van der Waals surface area contributed by atoms with Gasteiger partial charge in [0.2, 0.25) is 0 Å². The fraction of sp³-hybridized carbons (Fsp3) is 0.667. The number of rotatable bonds is 6. The van der Waals surface area contributed by atoms with Crippen molar-refractivity contribution in [2.45, 2.75) is 40.2 Å². The van der Waals surface area contributed by atoms with Gasteiger partial charge in [0.25, 0.3) is 0 Å². The first-order valence-electron chi connectivity index (χ1n) is 6.16. The van der Waals surface area contributed by atoms with Crippen molar-refractivity contribution in [2.24, 2.45) is 0 Å². The Balaban J connectivity index is 2.16. The van der Waals surface area contributed by atoms with E-state index in [-0.39, 0.29) is 0 Å². The number of hydrogen-bond acceptors (Lipinski definition) is 2. The van der Waals surface area contributed by atoms with E-state index in [9.17, 15) is 0 Å². The smallest absolute Gasteiger partial charge is 0.166 e. The van der Waals surface area contributed by atoms with Crippen molar-refractivity contribution in [3.8, 4) is 0 Å². The second kappa shape index (κ2) is 7.27. The van der Waals surface area contributed by atoms with Crippen molar-refractivity contribution >= 4 is 17.3 Å². The van der Waals surface area contributed by atoms with Crippen LogP contribution >= 0.6 is 12.2 Å². The maximum absolute atomic E-state index is 5.13. The van der Waals surface area contributed by atoms with Gasteiger partial charge in [-0.05, 0) is 45.0 Å². The molecule has 1 rings (SSSR count). The average Bonchev–Trinajstić information content (AvgIpc) is 2.60. The lowest BCUT2D eigenvalue weighted by atomic mass is 10.4. The molecule has 0 aliphatic carbocycles. The number of nitrogens with zero attached hydrogens (tertiary/aromatic N) is 2. The van der Waals surface area contributed by atoms with Crippen LogP contribution in [0.15, 0.2) is 6.07 Å². The van der Waals surface area contributed by atoms with Crippen molar-refractivity contribution in [3.63, 3.8) is 0 Å². The van der Waals surface area contributed by atoms with E-state index in [1.807, 2.05) is 11.6 Å². The molecule has 1 aromatic rings. The molecule has 0 aliphatic rings. The normalized spacial score (nSPS) is 10.3. The van der Waals surface area contributed by atoms with Gasteiger partial charge in [-0.3, -0.25) is 4.68 Å². The molecule has 0 atom stereocenters. The molecule has 4 nitrogen and oxygen atoms in total. The molecule has 96 valence electrons. The fourth-order valence-electron chi connectivity index (χ4n) is 1.63. The molecule has 2 N–H and O–H groups in total. The summed E-state index contributed by atoms with van der Waals surface area (Å²) < 4.78 is 2.04. The zero-order valence-corrected chi connectivity index (χ0v) is 11.7. The molecule has 0 amide bonds. The molecule has 1 heterocycles. The maximum Gasteiger partial charge on any atom is 0.166 e. The maximum atomic E-state index is 5.13. The Kier molecular flexibility index (Phi) is 5.97. The van der Waals surface area contributed by atoms with Crippen LogP contribution in [0.3, 0.4) is 0 Å². The molecule has 0 spiro atoms. The number of hydrogen-bond donors (Lipinski definition) is 2. The molecule has 0 saturated heterocycles. The Morgan fingerprint density at radius 2 is 2.06 bits per heavy atom. The van der Waals surface area contributed by atoms with Crippen molar-refractivity contribution < 1.29 is 0 Å². The summed E-state index contributed by atoms with van der Waals surface area (Å²) in [7, 11) is 0. The van der Waals surface area contributed by atoms with Crippen LogP contribution < -0.4 is 10.6 Å². The molecule has 0 bridgehead atoms. The Hall–Kier alpha value is -1.10. The molecule has 0 saturated carbocycles. The van der Waals surface area contributed by atoms with Crippen LogP contribution in [-0.4, -0.2) is 28.0 Å². The van der Waals surface area contributed by atoms with Crippen LogP contribution in [0.25, 0.3) is 0 Å². The zero-order chi connectivity index (χ0) is 12.7. The van der Waals surface area contributed by atoms with E-state index in [0.717, 1.165) is 43.3 Å². The van der Waals surface area contributed by atoms with Gasteiger partial charge in [0.15, 0.2) is 5.11 Å². The van der Waals surface area contributed by atoms with Crippen LogP contribution in [0.5, 0.6) is 0 Å². The summed E-state index contributed by atoms with van der Waals surface area (Å²) in [5.74, 6) is 0. The molecule has 17 heavy (non-hydrogen) atoms. The Morgan fingerprint density at radius 1 is 1.35 bits per heavy atom. The van der Waals surface area contributed by atoms with Crippen LogP contribution in [0, 0.1) is 13.8 Å². The largest absolute Gasteiger partial charge is 0.363 e. The zero-order valence-electron chi connectivity index (χ0n) is 10.9. The van der Waals surface area contributed by atoms with E-state index in [1.165, 1.54) is 5.69 Å². The number of nitrogens with one attached hydrogen (secondary N) is 2. The molecule has 0 radical (unpaired) electrons. The SMILES string of the molecule is CCCNC(=S)NCCCn1nc(C)cc1C. The van der Waals surface area contributed by atoms with Gasteiger partial charge in [0.1, 0.15) is 0 Å². The van der Waals surface area contributed by atoms with Gasteiger partial charge >= 0.3 is 0 Å². The fourth-order valence-corrected chi connectivity index (χ4v) is 1.84. The van der Waals surface area contributed by atoms with Crippen molar-refractivity contribution in [1.29, 1.82) is 0 Å². The van der Waals surface area contributed by atoms with Crippen molar-refractivity contribution in [2.75, 3.05) is 13.1 Å². The average molecular weight is 254 g/mol. The van der Waals surface area contributed by atoms with E-state index in [4.69, 9.17) is 12.2 Å². The molecule has 1 aromatic heterocycles. The van der Waals surface area contributed by atoms with E-state index in [1.54, 1.807) is 0 Å². The minimum absolute atomic E-state index is 0.750. The Labute approximate surface area is 109 Å². The first-order valence-corrected chi connectivity index (χ1v) is 6.57. The summed E-state index contributed by atoms with van der Waals surface area (Å²) in [5.41, 5.74) is 2.30. The first kappa shape index (κ1) is 14.0. The predicted molar refractivity (Wildman–Crippen MR) is 75.2 cm³/mol. The van der Waals surface area contributed by atoms with Gasteiger partial charge in [-0.25, -0.2) is 0 Å². The molecule has 0 unspecified atom stereocenters. The summed E-state index contributed by atoms with van der Waals surface area (Å²) in [6.07, 6.45) is 2.11. The van der Waals surface area contributed by atoms with Crippen LogP contribution in [-0.2, 0) is 6.54 Å². The highest BCUT2D eigenvalue weighted by molar-refractivity contribution is 7.80. The minimum atomic E-state index is 0.750. The van der Waals surface area contributed by atoms with Gasteiger partial charge in [-0.2, -0.15) is 5.10 Å². The number of aromatic nitrogens is 2. The third-order valence-electron chi connectivity index (χ3n) is 2.47. The quantitative estimate of drug-likeness (QED) is 0.600. The third kappa shape index (κ3) is 5.17. The highest BCUT2D eigenvalue weighted by Gasteiger charge is 2.00.